The summed E-state index contributed by atoms with van der Waals surface area (Å²) in [5, 5.41) is 0. The minimum Gasteiger partial charge on any atom is -0.369 e. The number of carbonyl (C=O) groups excluding carboxylic acids is 1. The normalized spacial score (nSPS) is 12.9. The van der Waals surface area contributed by atoms with Gasteiger partial charge in [0.15, 0.2) is 0 Å². The van der Waals surface area contributed by atoms with Crippen molar-refractivity contribution in [1.29, 1.82) is 0 Å². The summed E-state index contributed by atoms with van der Waals surface area (Å²) in [6, 6.07) is -0.872. The van der Waals surface area contributed by atoms with E-state index in [2.05, 4.69) is 8.87 Å². The number of rotatable bonds is 7. The zero-order chi connectivity index (χ0) is 11.0. The highest BCUT2D eigenvalue weighted by Crippen LogP contribution is 2.00. The second-order valence-corrected chi connectivity index (χ2v) is 3.60. The summed E-state index contributed by atoms with van der Waals surface area (Å²) < 4.78 is 23.5. The van der Waals surface area contributed by atoms with Gasteiger partial charge in [-0.2, -0.15) is 0 Å². The smallest absolute Gasteiger partial charge is 0.369 e. The highest BCUT2D eigenvalue weighted by atomic mass is 80.0. The predicted octanol–water partition coefficient (Wildman–Crippen LogP) is -3.00. The molecule has 0 aromatic rings. The Morgan fingerprint density at radius 3 is 2.57 bits per heavy atom. The first kappa shape index (κ1) is 13.8. The van der Waals surface area contributed by atoms with E-state index in [9.17, 15) is 13.2 Å². The number of halogens is 1. The summed E-state index contributed by atoms with van der Waals surface area (Å²) in [6.45, 7) is 0.520. The van der Waals surface area contributed by atoms with Gasteiger partial charge in [-0.15, -0.1) is 0 Å². The fraction of sp³-hybridized carbons (Fsp3) is 0.833. The Hall–Kier alpha value is -0.250. The second-order valence-electron chi connectivity index (χ2n) is 2.55. The molecule has 0 fully saturated rings. The van der Waals surface area contributed by atoms with Crippen molar-refractivity contribution in [2.75, 3.05) is 6.54 Å². The van der Waals surface area contributed by atoms with Crippen molar-refractivity contribution in [2.45, 2.75) is 25.3 Å². The van der Waals surface area contributed by atoms with Crippen LogP contribution < -0.4 is 19.9 Å². The molecular weight excluding hydrogens is 260 g/mol. The lowest BCUT2D eigenvalue weighted by molar-refractivity contribution is -1.64. The Morgan fingerprint density at radius 1 is 1.43 bits per heavy atom. The van der Waals surface area contributed by atoms with Crippen LogP contribution in [0.5, 0.6) is 0 Å². The lowest BCUT2D eigenvalue weighted by Gasteiger charge is -2.05. The molecule has 0 unspecified atom stereocenters. The Labute approximate surface area is 86.7 Å². The molecule has 4 N–H and O–H groups in total. The van der Waals surface area contributed by atoms with Crippen LogP contribution in [0, 0.1) is 14.8 Å². The Morgan fingerprint density at radius 2 is 2.07 bits per heavy atom. The first-order valence-corrected chi connectivity index (χ1v) is 5.92. The number of carbonyl (C=O) groups is 1. The zero-order valence-electron chi connectivity index (χ0n) is 7.48. The molecule has 0 bridgehead atoms. The molecule has 0 aliphatic carbocycles. The molecule has 0 rings (SSSR count). The van der Waals surface area contributed by atoms with Gasteiger partial charge in [-0.3, -0.25) is 0 Å². The summed E-state index contributed by atoms with van der Waals surface area (Å²) in [5.74, 6) is -0.892. The van der Waals surface area contributed by atoms with Gasteiger partial charge in [-0.05, 0) is 19.4 Å². The highest BCUT2D eigenvalue weighted by molar-refractivity contribution is 5.74. The van der Waals surface area contributed by atoms with E-state index in [1.807, 2.05) is 0 Å². The average Bonchev–Trinajstić information content (AvgIpc) is 2.14. The second kappa shape index (κ2) is 8.09. The molecule has 7 nitrogen and oxygen atoms in total. The van der Waals surface area contributed by atoms with E-state index >= 15 is 0 Å². The molecule has 8 heteroatoms. The number of unbranched alkanes of at least 4 members (excludes halogenated alkanes) is 1. The number of hydrogen-bond donors (Lipinski definition) is 2. The van der Waals surface area contributed by atoms with Gasteiger partial charge in [0.1, 0.15) is 6.04 Å². The molecule has 0 aromatic carbocycles. The van der Waals surface area contributed by atoms with Crippen molar-refractivity contribution in [2.24, 2.45) is 11.5 Å². The van der Waals surface area contributed by atoms with Gasteiger partial charge in [0.25, 0.3) is 0 Å². The van der Waals surface area contributed by atoms with Crippen LogP contribution in [0.15, 0.2) is 0 Å². The van der Waals surface area contributed by atoms with Crippen LogP contribution in [0.25, 0.3) is 0 Å². The van der Waals surface area contributed by atoms with Gasteiger partial charge >= 0.3 is 20.8 Å². The van der Waals surface area contributed by atoms with Crippen molar-refractivity contribution < 1.29 is 36.9 Å². The van der Waals surface area contributed by atoms with Gasteiger partial charge in [-0.1, -0.05) is 6.42 Å². The van der Waals surface area contributed by atoms with Crippen molar-refractivity contribution >= 4 is 5.97 Å². The summed E-state index contributed by atoms with van der Waals surface area (Å²) in [7, 11) is 0. The monoisotopic (exact) mass is 272 g/mol. The lowest BCUT2D eigenvalue weighted by Crippen LogP contribution is -2.38. The summed E-state index contributed by atoms with van der Waals surface area (Å²) in [5.41, 5.74) is 10.6. The van der Waals surface area contributed by atoms with Gasteiger partial charge < -0.3 is 19.9 Å². The maximum atomic E-state index is 10.9. The highest BCUT2D eigenvalue weighted by Gasteiger charge is 2.22. The van der Waals surface area contributed by atoms with Crippen LogP contribution in [0.4, 0.5) is 0 Å². The van der Waals surface area contributed by atoms with E-state index in [-0.39, 0.29) is 0 Å². The molecule has 1 atom stereocenters. The van der Waals surface area contributed by atoms with E-state index in [1.165, 1.54) is 0 Å². The molecule has 0 spiro atoms. The van der Waals surface area contributed by atoms with Gasteiger partial charge in [0.2, 0.25) is 3.98 Å². The first-order valence-electron chi connectivity index (χ1n) is 3.98. The Balaban J connectivity index is 3.54. The van der Waals surface area contributed by atoms with Gasteiger partial charge in [-0.25, -0.2) is 9.68 Å². The summed E-state index contributed by atoms with van der Waals surface area (Å²) in [6.07, 6.45) is 1.82. The predicted molar refractivity (Wildman–Crippen MR) is 38.1 cm³/mol. The third-order valence-corrected chi connectivity index (χ3v) is 1.79. The molecule has 0 aliphatic heterocycles. The fourth-order valence-corrected chi connectivity index (χ4v) is 0.983. The van der Waals surface area contributed by atoms with Crippen molar-refractivity contribution in [3.63, 3.8) is 0 Å². The molecule has 0 heterocycles. The third kappa shape index (κ3) is 7.18. The van der Waals surface area contributed by atoms with Crippen LogP contribution in [0.1, 0.15) is 19.3 Å². The van der Waals surface area contributed by atoms with Crippen molar-refractivity contribution in [3.05, 3.63) is 0 Å². The molecule has 0 amide bonds. The molecule has 0 radical (unpaired) electrons. The summed E-state index contributed by atoms with van der Waals surface area (Å²) >= 11 is -3.53. The minimum absolute atomic E-state index is 0.388. The van der Waals surface area contributed by atoms with Crippen LogP contribution in [0.2, 0.25) is 0 Å². The van der Waals surface area contributed by atoms with E-state index in [0.717, 1.165) is 6.42 Å². The number of nitrogens with two attached hydrogens (primary N) is 2. The zero-order valence-corrected chi connectivity index (χ0v) is 9.07. The van der Waals surface area contributed by atoms with Crippen LogP contribution in [-0.2, 0) is 13.7 Å². The molecule has 0 saturated heterocycles. The van der Waals surface area contributed by atoms with E-state index < -0.39 is 26.8 Å². The topological polar surface area (TPSA) is 134 Å². The largest absolute Gasteiger partial charge is 0.497 e. The molecule has 84 valence electrons. The van der Waals surface area contributed by atoms with Crippen LogP contribution in [-0.4, -0.2) is 18.6 Å². The lowest BCUT2D eigenvalue weighted by atomic mass is 10.1. The Kier molecular flexibility index (Phi) is 7.95. The first-order chi connectivity index (χ1) is 6.57. The van der Waals surface area contributed by atoms with E-state index in [1.54, 1.807) is 0 Å². The van der Waals surface area contributed by atoms with Gasteiger partial charge in [0, 0.05) is 0 Å². The van der Waals surface area contributed by atoms with Gasteiger partial charge in [0.05, 0.1) is 0 Å². The fourth-order valence-electron chi connectivity index (χ4n) is 0.745. The Bertz CT molecular complexity index is 168. The molecule has 0 saturated carbocycles. The summed E-state index contributed by atoms with van der Waals surface area (Å²) in [4.78, 5) is 14.8. The quantitative estimate of drug-likeness (QED) is 0.287. The minimum atomic E-state index is -3.53. The maximum absolute atomic E-state index is 10.9. The van der Waals surface area contributed by atoms with Crippen molar-refractivity contribution in [3.8, 4) is 0 Å². The molecule has 0 aromatic heterocycles. The SMILES string of the molecule is NCCCC[C@H](N)C(=O)OO[Br+2]([O-])[O-]. The van der Waals surface area contributed by atoms with E-state index in [0.29, 0.717) is 19.4 Å². The maximum Gasteiger partial charge on any atom is 0.497 e. The van der Waals surface area contributed by atoms with Crippen LogP contribution in [0.3, 0.4) is 0 Å². The van der Waals surface area contributed by atoms with Crippen molar-refractivity contribution in [1.82, 2.24) is 0 Å². The molecule has 14 heavy (non-hydrogen) atoms. The van der Waals surface area contributed by atoms with E-state index in [4.69, 9.17) is 11.5 Å². The molecular formula is C6H13BrN2O5. The van der Waals surface area contributed by atoms with Crippen LogP contribution >= 0.6 is 0 Å². The molecule has 0 aliphatic rings. The number of hydrogen-bond acceptors (Lipinski definition) is 7. The standard InChI is InChI=1S/C6H13BrN2O5/c8-4-2-1-3-5(9)6(10)13-14-7(11)12/h5H,1-4,8-9H2/t5-/m0/s1. The average molecular weight is 273 g/mol. The third-order valence-electron chi connectivity index (χ3n) is 1.44.